The third-order valence-electron chi connectivity index (χ3n) is 0.231. The molecule has 0 rings (SSSR count). The Morgan fingerprint density at radius 2 is 2.67 bits per heavy atom. The van der Waals surface area contributed by atoms with Crippen LogP contribution in [0.15, 0.2) is 0 Å². The Kier molecular flexibility index (Phi) is 3.94. The van der Waals surface area contributed by atoms with Gasteiger partial charge in [0.15, 0.2) is 6.73 Å². The summed E-state index contributed by atoms with van der Waals surface area (Å²) in [6.45, 7) is -0.149. The second-order valence-corrected chi connectivity index (χ2v) is 0.595. The highest BCUT2D eigenvalue weighted by Gasteiger charge is 1.70. The predicted molar refractivity (Wildman–Crippen MR) is 17.8 cm³/mol. The van der Waals surface area contributed by atoms with Gasteiger partial charge in [-0.2, -0.15) is 0 Å². The Hall–Kier alpha value is -0.610. The Balaban J connectivity index is 2.49. The zero-order valence-electron chi connectivity index (χ0n) is 3.05. The number of hydrogen-bond donors (Lipinski definition) is 2. The van der Waals surface area contributed by atoms with E-state index >= 15 is 0 Å². The highest BCUT2D eigenvalue weighted by Crippen LogP contribution is 1.48. The summed E-state index contributed by atoms with van der Waals surface area (Å²) in [5, 5.41) is 9.52. The molecule has 0 aliphatic carbocycles. The van der Waals surface area contributed by atoms with E-state index in [0.717, 1.165) is 0 Å². The van der Waals surface area contributed by atoms with Crippen molar-refractivity contribution in [2.45, 2.75) is 0 Å². The summed E-state index contributed by atoms with van der Waals surface area (Å²) in [5.41, 5.74) is 0. The number of carbonyl (C=O) groups excluding carboxylic acids is 1. The van der Waals surface area contributed by atoms with Gasteiger partial charge in [-0.1, -0.05) is 0 Å². The molecule has 1 amide bonds. The summed E-state index contributed by atoms with van der Waals surface area (Å²) in [6, 6.07) is 0. The van der Waals surface area contributed by atoms with Crippen molar-refractivity contribution in [1.82, 2.24) is 5.32 Å². The molecule has 0 bridgehead atoms. The third kappa shape index (κ3) is 3.39. The second kappa shape index (κ2) is 4.39. The third-order valence-corrected chi connectivity index (χ3v) is 0.231. The highest BCUT2D eigenvalue weighted by molar-refractivity contribution is 5.45. The van der Waals surface area contributed by atoms with Gasteiger partial charge in [-0.15, -0.1) is 0 Å². The highest BCUT2D eigenvalue weighted by atomic mass is 17.1. The molecule has 0 atom stereocenters. The first-order valence-electron chi connectivity index (χ1n) is 1.35. The molecule has 0 aliphatic heterocycles. The molecular weight excluding hydrogens is 86.0 g/mol. The molecule has 0 aliphatic rings. The van der Waals surface area contributed by atoms with Gasteiger partial charge in [0.2, 0.25) is 6.41 Å². The van der Waals surface area contributed by atoms with Crippen LogP contribution in [0, 0.1) is 0 Å². The number of nitrogens with one attached hydrogen (secondary N) is 1. The maximum atomic E-state index is 9.26. The topological polar surface area (TPSA) is 58.6 Å². The van der Waals surface area contributed by atoms with E-state index in [1.54, 1.807) is 0 Å². The van der Waals surface area contributed by atoms with Crippen molar-refractivity contribution in [1.29, 1.82) is 0 Å². The molecule has 0 aromatic rings. The predicted octanol–water partition coefficient (Wildman–Crippen LogP) is -0.821. The molecule has 0 heterocycles. The lowest BCUT2D eigenvalue weighted by atomic mass is 11.1. The SMILES string of the molecule is O=CNCOO. The van der Waals surface area contributed by atoms with E-state index in [4.69, 9.17) is 5.26 Å². The van der Waals surface area contributed by atoms with Gasteiger partial charge in [0.05, 0.1) is 0 Å². The number of rotatable bonds is 3. The molecule has 0 unspecified atom stereocenters. The maximum Gasteiger partial charge on any atom is 0.208 e. The van der Waals surface area contributed by atoms with Gasteiger partial charge >= 0.3 is 0 Å². The van der Waals surface area contributed by atoms with Crippen LogP contribution < -0.4 is 5.32 Å². The van der Waals surface area contributed by atoms with Gasteiger partial charge in [0.25, 0.3) is 0 Å². The molecule has 0 radical (unpaired) electrons. The van der Waals surface area contributed by atoms with E-state index in [9.17, 15) is 4.79 Å². The monoisotopic (exact) mass is 91.0 g/mol. The summed E-state index contributed by atoms with van der Waals surface area (Å²) in [7, 11) is 0. The van der Waals surface area contributed by atoms with Crippen molar-refractivity contribution in [3.05, 3.63) is 0 Å². The van der Waals surface area contributed by atoms with Crippen molar-refractivity contribution in [3.63, 3.8) is 0 Å². The van der Waals surface area contributed by atoms with Crippen molar-refractivity contribution in [2.24, 2.45) is 0 Å². The fourth-order valence-electron chi connectivity index (χ4n) is 0.0713. The molecule has 6 heavy (non-hydrogen) atoms. The van der Waals surface area contributed by atoms with Gasteiger partial charge in [-0.05, 0) is 0 Å². The minimum absolute atomic E-state index is 0.149. The van der Waals surface area contributed by atoms with Crippen molar-refractivity contribution >= 4 is 6.41 Å². The lowest BCUT2D eigenvalue weighted by molar-refractivity contribution is -0.246. The van der Waals surface area contributed by atoms with Gasteiger partial charge in [0, 0.05) is 0 Å². The fraction of sp³-hybridized carbons (Fsp3) is 0.500. The molecule has 2 N–H and O–H groups in total. The second-order valence-electron chi connectivity index (χ2n) is 0.595. The summed E-state index contributed by atoms with van der Waals surface area (Å²) >= 11 is 0. The van der Waals surface area contributed by atoms with E-state index in [0.29, 0.717) is 6.41 Å². The van der Waals surface area contributed by atoms with Crippen LogP contribution in [0.25, 0.3) is 0 Å². The van der Waals surface area contributed by atoms with Crippen molar-refractivity contribution < 1.29 is 14.9 Å². The van der Waals surface area contributed by atoms with Crippen LogP contribution in [0.1, 0.15) is 0 Å². The minimum Gasteiger partial charge on any atom is -0.333 e. The number of amides is 1. The van der Waals surface area contributed by atoms with Gasteiger partial charge in [0.1, 0.15) is 0 Å². The molecule has 0 aromatic heterocycles. The van der Waals surface area contributed by atoms with Crippen LogP contribution in [0.5, 0.6) is 0 Å². The fourth-order valence-corrected chi connectivity index (χ4v) is 0.0713. The molecule has 0 fully saturated rings. The standard InChI is InChI=1S/C2H5NO3/c4-1-3-2-6-5/h1,5H,2H2,(H,3,4). The smallest absolute Gasteiger partial charge is 0.208 e. The number of hydrogen-bond acceptors (Lipinski definition) is 3. The zero-order valence-corrected chi connectivity index (χ0v) is 3.05. The Labute approximate surface area is 34.7 Å². The largest absolute Gasteiger partial charge is 0.333 e. The van der Waals surface area contributed by atoms with Crippen LogP contribution in [0.3, 0.4) is 0 Å². The van der Waals surface area contributed by atoms with Crippen LogP contribution in [-0.2, 0) is 9.68 Å². The lowest BCUT2D eigenvalue weighted by Crippen LogP contribution is -2.13. The first-order valence-corrected chi connectivity index (χ1v) is 1.35. The van der Waals surface area contributed by atoms with E-state index in [-0.39, 0.29) is 6.73 Å². The average Bonchev–Trinajstić information content (AvgIpc) is 1.61. The number of carbonyl (C=O) groups is 1. The summed E-state index contributed by atoms with van der Waals surface area (Å²) in [4.78, 5) is 12.7. The van der Waals surface area contributed by atoms with E-state index in [1.165, 1.54) is 0 Å². The molecular formula is C2H5NO3. The zero-order chi connectivity index (χ0) is 4.83. The Bertz CT molecular complexity index is 37.8. The maximum absolute atomic E-state index is 9.26. The molecule has 0 saturated heterocycles. The summed E-state index contributed by atoms with van der Waals surface area (Å²) in [6.07, 6.45) is 0.427. The first kappa shape index (κ1) is 5.39. The molecule has 4 heteroatoms. The summed E-state index contributed by atoms with van der Waals surface area (Å²) < 4.78 is 0. The van der Waals surface area contributed by atoms with Gasteiger partial charge < -0.3 is 5.32 Å². The molecule has 0 aromatic carbocycles. The summed E-state index contributed by atoms with van der Waals surface area (Å²) in [5.74, 6) is 0. The van der Waals surface area contributed by atoms with Crippen LogP contribution in [0.4, 0.5) is 0 Å². The Morgan fingerprint density at radius 3 is 2.83 bits per heavy atom. The van der Waals surface area contributed by atoms with Crippen molar-refractivity contribution in [2.75, 3.05) is 6.73 Å². The first-order chi connectivity index (χ1) is 2.91. The average molecular weight is 91.1 g/mol. The van der Waals surface area contributed by atoms with Gasteiger partial charge in [-0.25, -0.2) is 10.1 Å². The normalized spacial score (nSPS) is 7.50. The Morgan fingerprint density at radius 1 is 2.00 bits per heavy atom. The van der Waals surface area contributed by atoms with E-state index in [2.05, 4.69) is 4.89 Å². The van der Waals surface area contributed by atoms with Gasteiger partial charge in [-0.3, -0.25) is 4.79 Å². The van der Waals surface area contributed by atoms with E-state index < -0.39 is 0 Å². The lowest BCUT2D eigenvalue weighted by Gasteiger charge is -1.86. The van der Waals surface area contributed by atoms with Crippen LogP contribution in [-0.4, -0.2) is 18.4 Å². The molecule has 4 nitrogen and oxygen atoms in total. The van der Waals surface area contributed by atoms with Crippen molar-refractivity contribution in [3.8, 4) is 0 Å². The quantitative estimate of drug-likeness (QED) is 0.157. The molecule has 0 spiro atoms. The van der Waals surface area contributed by atoms with Crippen LogP contribution >= 0.6 is 0 Å². The molecule has 0 saturated carbocycles. The van der Waals surface area contributed by atoms with E-state index in [1.807, 2.05) is 5.32 Å². The minimum atomic E-state index is -0.149. The molecule has 36 valence electrons. The van der Waals surface area contributed by atoms with Crippen LogP contribution in [0.2, 0.25) is 0 Å².